The predicted molar refractivity (Wildman–Crippen MR) is 89.2 cm³/mol. The van der Waals surface area contributed by atoms with Crippen LogP contribution in [0.25, 0.3) is 0 Å². The zero-order valence-corrected chi connectivity index (χ0v) is 13.3. The number of benzene rings is 1. The Bertz CT molecular complexity index is 673. The standard InChI is InChI=1S/C16H16ClN3S/c1-20-9-8-19-16(20)21-11-15-13(6-7-18-15)10-12-2-4-14(17)5-3-12/h2-9,13H,10-11H2,1H3. The van der Waals surface area contributed by atoms with Gasteiger partial charge in [-0.1, -0.05) is 41.6 Å². The Morgan fingerprint density at radius 3 is 2.81 bits per heavy atom. The van der Waals surface area contributed by atoms with Gasteiger partial charge in [-0.2, -0.15) is 0 Å². The van der Waals surface area contributed by atoms with Crippen molar-refractivity contribution in [2.75, 3.05) is 5.75 Å². The van der Waals surface area contributed by atoms with Crippen molar-refractivity contribution in [3.8, 4) is 0 Å². The van der Waals surface area contributed by atoms with E-state index < -0.39 is 0 Å². The number of hydrogen-bond donors (Lipinski definition) is 0. The highest BCUT2D eigenvalue weighted by Crippen LogP contribution is 2.23. The average molecular weight is 318 g/mol. The van der Waals surface area contributed by atoms with Gasteiger partial charge in [0.05, 0.1) is 0 Å². The Hall–Kier alpha value is -1.52. The topological polar surface area (TPSA) is 30.2 Å². The van der Waals surface area contributed by atoms with E-state index in [-0.39, 0.29) is 0 Å². The molecule has 1 aromatic heterocycles. The number of aryl methyl sites for hydroxylation is 1. The second kappa shape index (κ2) is 6.50. The third-order valence-electron chi connectivity index (χ3n) is 3.48. The van der Waals surface area contributed by atoms with Crippen molar-refractivity contribution in [2.24, 2.45) is 18.0 Å². The van der Waals surface area contributed by atoms with Gasteiger partial charge in [0.2, 0.25) is 0 Å². The van der Waals surface area contributed by atoms with Crippen LogP contribution in [0, 0.1) is 5.92 Å². The fourth-order valence-electron chi connectivity index (χ4n) is 2.28. The van der Waals surface area contributed by atoms with Gasteiger partial charge in [0.15, 0.2) is 5.16 Å². The Labute approximate surface area is 133 Å². The summed E-state index contributed by atoms with van der Waals surface area (Å²) in [7, 11) is 2.01. The first-order valence-electron chi connectivity index (χ1n) is 6.80. The summed E-state index contributed by atoms with van der Waals surface area (Å²) < 4.78 is 2.03. The van der Waals surface area contributed by atoms with Gasteiger partial charge < -0.3 is 4.57 Å². The number of hydrogen-bond acceptors (Lipinski definition) is 3. The molecule has 1 unspecified atom stereocenters. The molecule has 0 saturated heterocycles. The van der Waals surface area contributed by atoms with E-state index in [1.165, 1.54) is 11.3 Å². The summed E-state index contributed by atoms with van der Waals surface area (Å²) in [6.45, 7) is 0. The SMILES string of the molecule is Cn1ccnc1SCC1=NC=CC1Cc1ccc(Cl)cc1. The molecule has 0 bridgehead atoms. The molecular formula is C16H16ClN3S. The first kappa shape index (κ1) is 14.4. The molecule has 0 radical (unpaired) electrons. The van der Waals surface area contributed by atoms with Crippen LogP contribution < -0.4 is 0 Å². The molecule has 1 atom stereocenters. The molecule has 2 aromatic rings. The molecule has 1 aliphatic rings. The van der Waals surface area contributed by atoms with Gasteiger partial charge in [0, 0.05) is 48.0 Å². The normalized spacial score (nSPS) is 17.2. The molecule has 5 heteroatoms. The van der Waals surface area contributed by atoms with Crippen LogP contribution in [0.4, 0.5) is 0 Å². The van der Waals surface area contributed by atoms with Crippen molar-refractivity contribution < 1.29 is 0 Å². The molecule has 21 heavy (non-hydrogen) atoms. The van der Waals surface area contributed by atoms with Gasteiger partial charge in [-0.3, -0.25) is 4.99 Å². The monoisotopic (exact) mass is 317 g/mol. The van der Waals surface area contributed by atoms with Crippen LogP contribution in [0.15, 0.2) is 59.1 Å². The number of aliphatic imine (C=N–C) groups is 1. The summed E-state index contributed by atoms with van der Waals surface area (Å²) in [4.78, 5) is 8.84. The van der Waals surface area contributed by atoms with Crippen LogP contribution in [0.3, 0.4) is 0 Å². The Balaban J connectivity index is 1.61. The lowest BCUT2D eigenvalue weighted by Gasteiger charge is -2.12. The summed E-state index contributed by atoms with van der Waals surface area (Å²) >= 11 is 7.66. The molecule has 0 spiro atoms. The number of rotatable bonds is 5. The highest BCUT2D eigenvalue weighted by Gasteiger charge is 2.18. The minimum Gasteiger partial charge on any atom is -0.329 e. The third kappa shape index (κ3) is 3.57. The van der Waals surface area contributed by atoms with Crippen molar-refractivity contribution in [2.45, 2.75) is 11.6 Å². The summed E-state index contributed by atoms with van der Waals surface area (Å²) in [6.07, 6.45) is 8.83. The molecule has 2 heterocycles. The molecule has 1 aliphatic heterocycles. The van der Waals surface area contributed by atoms with E-state index in [1.807, 2.05) is 42.3 Å². The van der Waals surface area contributed by atoms with E-state index in [4.69, 9.17) is 11.6 Å². The quantitative estimate of drug-likeness (QED) is 0.780. The zero-order valence-electron chi connectivity index (χ0n) is 11.7. The summed E-state index contributed by atoms with van der Waals surface area (Å²) in [6, 6.07) is 8.04. The van der Waals surface area contributed by atoms with E-state index in [0.29, 0.717) is 5.92 Å². The van der Waals surface area contributed by atoms with Crippen molar-refractivity contribution in [1.29, 1.82) is 0 Å². The minimum absolute atomic E-state index is 0.374. The van der Waals surface area contributed by atoms with E-state index in [1.54, 1.807) is 11.8 Å². The lowest BCUT2D eigenvalue weighted by atomic mass is 9.96. The van der Waals surface area contributed by atoms with E-state index in [9.17, 15) is 0 Å². The van der Waals surface area contributed by atoms with Crippen molar-refractivity contribution >= 4 is 29.1 Å². The average Bonchev–Trinajstić information content (AvgIpc) is 3.08. The second-order valence-corrected chi connectivity index (χ2v) is 6.39. The van der Waals surface area contributed by atoms with Crippen LogP contribution in [0.1, 0.15) is 5.56 Å². The molecular weight excluding hydrogens is 302 g/mol. The Morgan fingerprint density at radius 2 is 2.10 bits per heavy atom. The molecule has 0 aliphatic carbocycles. The molecule has 0 amide bonds. The smallest absolute Gasteiger partial charge is 0.168 e. The number of nitrogens with zero attached hydrogens (tertiary/aromatic N) is 3. The third-order valence-corrected chi connectivity index (χ3v) is 4.83. The number of thioether (sulfide) groups is 1. The molecule has 3 rings (SSSR count). The maximum absolute atomic E-state index is 5.93. The van der Waals surface area contributed by atoms with Gasteiger partial charge in [-0.15, -0.1) is 0 Å². The molecule has 3 nitrogen and oxygen atoms in total. The van der Waals surface area contributed by atoms with E-state index in [2.05, 4.69) is 28.2 Å². The van der Waals surface area contributed by atoms with Crippen molar-refractivity contribution in [1.82, 2.24) is 9.55 Å². The lowest BCUT2D eigenvalue weighted by Crippen LogP contribution is -2.15. The van der Waals surface area contributed by atoms with Crippen LogP contribution in [-0.2, 0) is 13.5 Å². The van der Waals surface area contributed by atoms with Crippen LogP contribution in [0.2, 0.25) is 5.02 Å². The molecule has 0 N–H and O–H groups in total. The van der Waals surface area contributed by atoms with Crippen LogP contribution >= 0.6 is 23.4 Å². The Morgan fingerprint density at radius 1 is 1.29 bits per heavy atom. The molecule has 0 saturated carbocycles. The fraction of sp³-hybridized carbons (Fsp3) is 0.250. The van der Waals surface area contributed by atoms with Gasteiger partial charge in [-0.25, -0.2) is 4.98 Å². The van der Waals surface area contributed by atoms with Crippen LogP contribution in [-0.4, -0.2) is 21.0 Å². The lowest BCUT2D eigenvalue weighted by molar-refractivity contribution is 0.790. The van der Waals surface area contributed by atoms with E-state index in [0.717, 1.165) is 22.4 Å². The van der Waals surface area contributed by atoms with Crippen molar-refractivity contribution in [3.05, 3.63) is 59.5 Å². The maximum Gasteiger partial charge on any atom is 0.168 e. The largest absolute Gasteiger partial charge is 0.329 e. The predicted octanol–water partition coefficient (Wildman–Crippen LogP) is 3.99. The van der Waals surface area contributed by atoms with Gasteiger partial charge in [-0.05, 0) is 24.1 Å². The minimum atomic E-state index is 0.374. The maximum atomic E-state index is 5.93. The van der Waals surface area contributed by atoms with E-state index >= 15 is 0 Å². The van der Waals surface area contributed by atoms with Gasteiger partial charge in [0.25, 0.3) is 0 Å². The van der Waals surface area contributed by atoms with Gasteiger partial charge >= 0.3 is 0 Å². The first-order valence-corrected chi connectivity index (χ1v) is 8.16. The van der Waals surface area contributed by atoms with Crippen LogP contribution in [0.5, 0.6) is 0 Å². The van der Waals surface area contributed by atoms with Gasteiger partial charge in [0.1, 0.15) is 0 Å². The molecule has 108 valence electrons. The number of aromatic nitrogens is 2. The summed E-state index contributed by atoms with van der Waals surface area (Å²) in [5, 5.41) is 1.80. The number of allylic oxidation sites excluding steroid dienone is 1. The Kier molecular flexibility index (Phi) is 4.46. The zero-order chi connectivity index (χ0) is 14.7. The highest BCUT2D eigenvalue weighted by atomic mass is 35.5. The second-order valence-electron chi connectivity index (χ2n) is 5.01. The summed E-state index contributed by atoms with van der Waals surface area (Å²) in [5.41, 5.74) is 2.49. The first-order chi connectivity index (χ1) is 10.2. The number of halogens is 1. The molecule has 0 fully saturated rings. The van der Waals surface area contributed by atoms with Crippen molar-refractivity contribution in [3.63, 3.8) is 0 Å². The highest BCUT2D eigenvalue weighted by molar-refractivity contribution is 7.99. The molecule has 1 aromatic carbocycles. The summed E-state index contributed by atoms with van der Waals surface area (Å²) in [5.74, 6) is 1.25. The fourth-order valence-corrected chi connectivity index (χ4v) is 3.38. The number of imidazole rings is 1.